The number of aliphatic carboxylic acids is 1. The maximum absolute atomic E-state index is 12.2. The fourth-order valence-electron chi connectivity index (χ4n) is 3.15. The predicted octanol–water partition coefficient (Wildman–Crippen LogP) is 3.39. The van der Waals surface area contributed by atoms with Crippen LogP contribution in [0.3, 0.4) is 0 Å². The topological polar surface area (TPSA) is 63.6 Å². The summed E-state index contributed by atoms with van der Waals surface area (Å²) in [5.74, 6) is -1.21. The Kier molecular flexibility index (Phi) is 6.32. The van der Waals surface area contributed by atoms with Gasteiger partial charge in [-0.05, 0) is 25.7 Å². The summed E-state index contributed by atoms with van der Waals surface area (Å²) in [6, 6.07) is 0. The fraction of sp³-hybridized carbons (Fsp3) is 0.867. The van der Waals surface area contributed by atoms with Gasteiger partial charge in [-0.2, -0.15) is 0 Å². The van der Waals surface area contributed by atoms with Crippen molar-refractivity contribution in [2.24, 2.45) is 11.3 Å². The fourth-order valence-corrected chi connectivity index (χ4v) is 3.15. The number of ether oxygens (including phenoxy) is 1. The van der Waals surface area contributed by atoms with Crippen molar-refractivity contribution in [1.29, 1.82) is 0 Å². The quantitative estimate of drug-likeness (QED) is 0.569. The van der Waals surface area contributed by atoms with Crippen molar-refractivity contribution < 1.29 is 19.4 Å². The third-order valence-corrected chi connectivity index (χ3v) is 4.11. The molecule has 0 aromatic rings. The Balaban J connectivity index is 2.87. The van der Waals surface area contributed by atoms with Gasteiger partial charge in [0, 0.05) is 0 Å². The van der Waals surface area contributed by atoms with Crippen molar-refractivity contribution in [1.82, 2.24) is 0 Å². The molecule has 0 amide bonds. The third-order valence-electron chi connectivity index (χ3n) is 4.11. The second-order valence-electron chi connectivity index (χ2n) is 5.57. The van der Waals surface area contributed by atoms with Crippen LogP contribution in [0.1, 0.15) is 65.2 Å². The van der Waals surface area contributed by atoms with E-state index in [-0.39, 0.29) is 6.61 Å². The molecule has 0 spiro atoms. The first-order valence-corrected chi connectivity index (χ1v) is 7.47. The molecule has 1 saturated carbocycles. The van der Waals surface area contributed by atoms with Crippen LogP contribution in [0.5, 0.6) is 0 Å². The summed E-state index contributed by atoms with van der Waals surface area (Å²) in [6.07, 6.45) is 7.09. The number of rotatable bonds is 7. The first-order valence-electron chi connectivity index (χ1n) is 7.47. The largest absolute Gasteiger partial charge is 0.480 e. The van der Waals surface area contributed by atoms with Crippen LogP contribution in [-0.2, 0) is 14.3 Å². The summed E-state index contributed by atoms with van der Waals surface area (Å²) < 4.78 is 5.04. The number of carbonyl (C=O) groups is 2. The zero-order chi connectivity index (χ0) is 14.3. The lowest BCUT2D eigenvalue weighted by atomic mass is 9.72. The monoisotopic (exact) mass is 270 g/mol. The van der Waals surface area contributed by atoms with Crippen LogP contribution < -0.4 is 0 Å². The van der Waals surface area contributed by atoms with E-state index in [0.29, 0.717) is 25.2 Å². The van der Waals surface area contributed by atoms with Gasteiger partial charge in [0.2, 0.25) is 0 Å². The van der Waals surface area contributed by atoms with Gasteiger partial charge in [-0.15, -0.1) is 0 Å². The van der Waals surface area contributed by atoms with Crippen molar-refractivity contribution in [2.45, 2.75) is 65.2 Å². The van der Waals surface area contributed by atoms with Crippen molar-refractivity contribution in [3.8, 4) is 0 Å². The van der Waals surface area contributed by atoms with Crippen LogP contribution in [0.25, 0.3) is 0 Å². The summed E-state index contributed by atoms with van der Waals surface area (Å²) in [5.41, 5.74) is -1.33. The van der Waals surface area contributed by atoms with Crippen LogP contribution in [0, 0.1) is 11.3 Å². The summed E-state index contributed by atoms with van der Waals surface area (Å²) in [4.78, 5) is 23.9. The molecular formula is C15H26O4. The van der Waals surface area contributed by atoms with Gasteiger partial charge in [-0.3, -0.25) is 9.59 Å². The van der Waals surface area contributed by atoms with E-state index in [9.17, 15) is 14.7 Å². The minimum atomic E-state index is -1.33. The van der Waals surface area contributed by atoms with E-state index in [2.05, 4.69) is 0 Å². The van der Waals surface area contributed by atoms with E-state index >= 15 is 0 Å². The van der Waals surface area contributed by atoms with Gasteiger partial charge in [0.15, 0.2) is 5.41 Å². The van der Waals surface area contributed by atoms with E-state index in [0.717, 1.165) is 25.7 Å². The number of esters is 1. The SMILES string of the molecule is CCCC(CC1CCCCC1)(C(=O)O)C(=O)OCC. The molecule has 110 valence electrons. The highest BCUT2D eigenvalue weighted by molar-refractivity contribution is 5.99. The molecule has 1 aliphatic carbocycles. The Labute approximate surface area is 115 Å². The van der Waals surface area contributed by atoms with E-state index in [1.807, 2.05) is 6.92 Å². The van der Waals surface area contributed by atoms with Crippen molar-refractivity contribution >= 4 is 11.9 Å². The number of hydrogen-bond acceptors (Lipinski definition) is 3. The Bertz CT molecular complexity index is 307. The molecule has 4 nitrogen and oxygen atoms in total. The van der Waals surface area contributed by atoms with Crippen LogP contribution in [0.4, 0.5) is 0 Å². The molecule has 0 bridgehead atoms. The molecule has 0 aliphatic heterocycles. The summed E-state index contributed by atoms with van der Waals surface area (Å²) in [5, 5.41) is 9.58. The molecule has 1 unspecified atom stereocenters. The highest BCUT2D eigenvalue weighted by Gasteiger charge is 2.48. The van der Waals surface area contributed by atoms with Crippen LogP contribution in [0.2, 0.25) is 0 Å². The minimum absolute atomic E-state index is 0.238. The minimum Gasteiger partial charge on any atom is -0.480 e. The Morgan fingerprint density at radius 1 is 1.21 bits per heavy atom. The van der Waals surface area contributed by atoms with Gasteiger partial charge >= 0.3 is 11.9 Å². The smallest absolute Gasteiger partial charge is 0.323 e. The standard InChI is InChI=1S/C15H26O4/c1-3-10-15(13(16)17,14(18)19-4-2)11-12-8-6-5-7-9-12/h12H,3-11H2,1-2H3,(H,16,17). The Hall–Kier alpha value is -1.06. The maximum atomic E-state index is 12.2. The van der Waals surface area contributed by atoms with E-state index in [1.165, 1.54) is 6.42 Å². The van der Waals surface area contributed by atoms with Gasteiger partial charge in [0.25, 0.3) is 0 Å². The lowest BCUT2D eigenvalue weighted by molar-refractivity contribution is -0.171. The lowest BCUT2D eigenvalue weighted by Gasteiger charge is -2.32. The molecule has 0 heterocycles. The lowest BCUT2D eigenvalue weighted by Crippen LogP contribution is -2.42. The molecule has 0 aromatic heterocycles. The molecular weight excluding hydrogens is 244 g/mol. The molecule has 1 aliphatic rings. The van der Waals surface area contributed by atoms with Gasteiger partial charge in [0.1, 0.15) is 0 Å². The summed E-state index contributed by atoms with van der Waals surface area (Å²) in [6.45, 7) is 3.87. The number of carbonyl (C=O) groups excluding carboxylic acids is 1. The van der Waals surface area contributed by atoms with Gasteiger partial charge in [0.05, 0.1) is 6.61 Å². The molecule has 19 heavy (non-hydrogen) atoms. The van der Waals surface area contributed by atoms with Crippen molar-refractivity contribution in [3.05, 3.63) is 0 Å². The normalized spacial score (nSPS) is 19.7. The van der Waals surface area contributed by atoms with Crippen LogP contribution in [0.15, 0.2) is 0 Å². The molecule has 1 atom stereocenters. The van der Waals surface area contributed by atoms with Crippen molar-refractivity contribution in [3.63, 3.8) is 0 Å². The predicted molar refractivity (Wildman–Crippen MR) is 72.8 cm³/mol. The Morgan fingerprint density at radius 3 is 2.32 bits per heavy atom. The second-order valence-corrected chi connectivity index (χ2v) is 5.57. The van der Waals surface area contributed by atoms with E-state index in [4.69, 9.17) is 4.74 Å². The maximum Gasteiger partial charge on any atom is 0.323 e. The van der Waals surface area contributed by atoms with Crippen LogP contribution >= 0.6 is 0 Å². The average molecular weight is 270 g/mol. The van der Waals surface area contributed by atoms with Gasteiger partial charge < -0.3 is 9.84 Å². The highest BCUT2D eigenvalue weighted by Crippen LogP contribution is 2.39. The zero-order valence-corrected chi connectivity index (χ0v) is 12.1. The van der Waals surface area contributed by atoms with E-state index in [1.54, 1.807) is 6.92 Å². The van der Waals surface area contributed by atoms with Crippen molar-refractivity contribution in [2.75, 3.05) is 6.61 Å². The average Bonchev–Trinajstić information content (AvgIpc) is 2.39. The second kappa shape index (κ2) is 7.51. The number of hydrogen-bond donors (Lipinski definition) is 1. The molecule has 1 N–H and O–H groups in total. The summed E-state index contributed by atoms with van der Waals surface area (Å²) in [7, 11) is 0. The Morgan fingerprint density at radius 2 is 1.84 bits per heavy atom. The first kappa shape index (κ1) is 16.0. The van der Waals surface area contributed by atoms with Gasteiger partial charge in [-0.1, -0.05) is 45.4 Å². The zero-order valence-electron chi connectivity index (χ0n) is 12.1. The van der Waals surface area contributed by atoms with Gasteiger partial charge in [-0.25, -0.2) is 0 Å². The number of carboxylic acids is 1. The molecule has 0 radical (unpaired) electrons. The third kappa shape index (κ3) is 3.95. The molecule has 0 saturated heterocycles. The molecule has 4 heteroatoms. The summed E-state index contributed by atoms with van der Waals surface area (Å²) >= 11 is 0. The molecule has 1 fully saturated rings. The van der Waals surface area contributed by atoms with Crippen LogP contribution in [-0.4, -0.2) is 23.7 Å². The first-order chi connectivity index (χ1) is 9.06. The molecule has 0 aromatic carbocycles. The molecule has 1 rings (SSSR count). The highest BCUT2D eigenvalue weighted by atomic mass is 16.5. The van der Waals surface area contributed by atoms with E-state index < -0.39 is 17.4 Å². The number of carboxylic acid groups (broad SMARTS) is 1.